The van der Waals surface area contributed by atoms with Crippen LogP contribution in [-0.4, -0.2) is 40.6 Å². The summed E-state index contributed by atoms with van der Waals surface area (Å²) in [5.74, 6) is 0.670. The van der Waals surface area contributed by atoms with Gasteiger partial charge in [0.15, 0.2) is 0 Å². The van der Waals surface area contributed by atoms with Crippen molar-refractivity contribution >= 4 is 17.0 Å². The molecule has 0 atom stereocenters. The van der Waals surface area contributed by atoms with E-state index in [0.29, 0.717) is 18.8 Å². The maximum atomic E-state index is 12.6. The minimum Gasteiger partial charge on any atom is -0.488 e. The number of nitrogens with zero attached hydrogens (tertiary/aromatic N) is 1. The number of carboxylic acid groups (broad SMARTS) is 1. The van der Waals surface area contributed by atoms with E-state index in [2.05, 4.69) is 4.98 Å². The standard InChI is InChI=1S/C20H20F2N2O3/c21-18(22)12-24(20(25)26)10-9-15-11-23-16-7-4-8-17(19(15)16)27-13-14-5-2-1-3-6-14/h1-8,11,18,23H,9-10,12-13H2,(H,25,26). The number of aromatic amines is 1. The summed E-state index contributed by atoms with van der Waals surface area (Å²) in [6.45, 7) is -0.411. The van der Waals surface area contributed by atoms with Gasteiger partial charge in [-0.2, -0.15) is 0 Å². The van der Waals surface area contributed by atoms with Crippen LogP contribution in [0.15, 0.2) is 54.7 Å². The van der Waals surface area contributed by atoms with Crippen molar-refractivity contribution in [1.82, 2.24) is 9.88 Å². The van der Waals surface area contributed by atoms with Gasteiger partial charge >= 0.3 is 6.09 Å². The second-order valence-electron chi connectivity index (χ2n) is 6.14. The predicted octanol–water partition coefficient (Wildman–Crippen LogP) is 4.53. The number of benzene rings is 2. The van der Waals surface area contributed by atoms with Gasteiger partial charge in [0.1, 0.15) is 12.4 Å². The van der Waals surface area contributed by atoms with Crippen molar-refractivity contribution in [3.63, 3.8) is 0 Å². The molecule has 2 N–H and O–H groups in total. The van der Waals surface area contributed by atoms with Crippen LogP contribution in [0.1, 0.15) is 11.1 Å². The lowest BCUT2D eigenvalue weighted by Crippen LogP contribution is -2.35. The molecule has 1 amide bonds. The topological polar surface area (TPSA) is 65.6 Å². The van der Waals surface area contributed by atoms with E-state index in [1.165, 1.54) is 0 Å². The Labute approximate surface area is 155 Å². The van der Waals surface area contributed by atoms with E-state index in [4.69, 9.17) is 9.84 Å². The number of carbonyl (C=O) groups is 1. The molecular formula is C20H20F2N2O3. The minimum atomic E-state index is -2.70. The van der Waals surface area contributed by atoms with Crippen LogP contribution >= 0.6 is 0 Å². The van der Waals surface area contributed by atoms with Crippen molar-refractivity contribution in [2.24, 2.45) is 0 Å². The number of fused-ring (bicyclic) bond motifs is 1. The number of H-pyrrole nitrogens is 1. The molecule has 27 heavy (non-hydrogen) atoms. The van der Waals surface area contributed by atoms with Crippen LogP contribution in [0.25, 0.3) is 10.9 Å². The molecule has 0 saturated heterocycles. The lowest BCUT2D eigenvalue weighted by atomic mass is 10.1. The van der Waals surface area contributed by atoms with E-state index in [0.717, 1.165) is 26.9 Å². The zero-order valence-electron chi connectivity index (χ0n) is 14.6. The summed E-state index contributed by atoms with van der Waals surface area (Å²) in [6, 6.07) is 15.3. The maximum Gasteiger partial charge on any atom is 0.407 e. The molecule has 0 spiro atoms. The van der Waals surface area contributed by atoms with Gasteiger partial charge in [0.25, 0.3) is 6.43 Å². The van der Waals surface area contributed by atoms with Crippen molar-refractivity contribution in [2.75, 3.05) is 13.1 Å². The van der Waals surface area contributed by atoms with Crippen LogP contribution in [0.3, 0.4) is 0 Å². The van der Waals surface area contributed by atoms with Gasteiger partial charge in [-0.15, -0.1) is 0 Å². The van der Waals surface area contributed by atoms with Crippen LogP contribution in [-0.2, 0) is 13.0 Å². The van der Waals surface area contributed by atoms with E-state index in [-0.39, 0.29) is 6.54 Å². The van der Waals surface area contributed by atoms with E-state index < -0.39 is 19.1 Å². The summed E-state index contributed by atoms with van der Waals surface area (Å²) < 4.78 is 31.1. The van der Waals surface area contributed by atoms with Gasteiger partial charge in [0, 0.05) is 23.6 Å². The quantitative estimate of drug-likeness (QED) is 0.609. The highest BCUT2D eigenvalue weighted by atomic mass is 19.3. The summed E-state index contributed by atoms with van der Waals surface area (Å²) in [7, 11) is 0. The molecule has 1 aromatic heterocycles. The summed E-state index contributed by atoms with van der Waals surface area (Å²) in [4.78, 5) is 15.0. The number of alkyl halides is 2. The summed E-state index contributed by atoms with van der Waals surface area (Å²) in [6.07, 6.45) is -1.97. The van der Waals surface area contributed by atoms with Crippen molar-refractivity contribution in [2.45, 2.75) is 19.5 Å². The molecule has 3 aromatic rings. The Morgan fingerprint density at radius 3 is 2.63 bits per heavy atom. The molecule has 5 nitrogen and oxygen atoms in total. The Kier molecular flexibility index (Phi) is 5.90. The first-order chi connectivity index (χ1) is 13.0. The number of rotatable bonds is 8. The van der Waals surface area contributed by atoms with Gasteiger partial charge in [0.2, 0.25) is 0 Å². The largest absolute Gasteiger partial charge is 0.488 e. The molecular weight excluding hydrogens is 354 g/mol. The first-order valence-corrected chi connectivity index (χ1v) is 8.56. The molecule has 3 rings (SSSR count). The molecule has 0 bridgehead atoms. The van der Waals surface area contributed by atoms with Gasteiger partial charge in [-0.25, -0.2) is 13.6 Å². The molecule has 1 heterocycles. The number of ether oxygens (including phenoxy) is 1. The number of nitrogens with one attached hydrogen (secondary N) is 1. The second kappa shape index (κ2) is 8.53. The fourth-order valence-electron chi connectivity index (χ4n) is 2.96. The summed E-state index contributed by atoms with van der Waals surface area (Å²) in [5.41, 5.74) is 2.71. The molecule has 142 valence electrons. The fraction of sp³-hybridized carbons (Fsp3) is 0.250. The molecule has 0 unspecified atom stereocenters. The molecule has 0 fully saturated rings. The third kappa shape index (κ3) is 4.75. The zero-order valence-corrected chi connectivity index (χ0v) is 14.6. The van der Waals surface area contributed by atoms with Crippen molar-refractivity contribution in [1.29, 1.82) is 0 Å². The Balaban J connectivity index is 1.77. The van der Waals surface area contributed by atoms with Crippen LogP contribution < -0.4 is 4.74 Å². The lowest BCUT2D eigenvalue weighted by molar-refractivity contribution is 0.0803. The summed E-state index contributed by atoms with van der Waals surface area (Å²) >= 11 is 0. The van der Waals surface area contributed by atoms with Crippen LogP contribution in [0, 0.1) is 0 Å². The smallest absolute Gasteiger partial charge is 0.407 e. The third-order valence-electron chi connectivity index (χ3n) is 4.27. The number of hydrogen-bond acceptors (Lipinski definition) is 2. The highest BCUT2D eigenvalue weighted by Gasteiger charge is 2.18. The van der Waals surface area contributed by atoms with E-state index in [1.807, 2.05) is 48.5 Å². The predicted molar refractivity (Wildman–Crippen MR) is 98.4 cm³/mol. The average Bonchev–Trinajstić information content (AvgIpc) is 3.07. The van der Waals surface area contributed by atoms with Gasteiger partial charge in [-0.05, 0) is 29.7 Å². The van der Waals surface area contributed by atoms with Crippen LogP contribution in [0.5, 0.6) is 5.75 Å². The fourth-order valence-corrected chi connectivity index (χ4v) is 2.96. The monoisotopic (exact) mass is 374 g/mol. The molecule has 7 heteroatoms. The van der Waals surface area contributed by atoms with Gasteiger partial charge in [-0.1, -0.05) is 36.4 Å². The minimum absolute atomic E-state index is 0.0142. The van der Waals surface area contributed by atoms with Crippen molar-refractivity contribution in [3.05, 3.63) is 65.9 Å². The normalized spacial score (nSPS) is 11.1. The maximum absolute atomic E-state index is 12.6. The Hall–Kier alpha value is -3.09. The SMILES string of the molecule is O=C(O)N(CCc1c[nH]c2cccc(OCc3ccccc3)c12)CC(F)F. The van der Waals surface area contributed by atoms with Crippen molar-refractivity contribution < 1.29 is 23.4 Å². The lowest BCUT2D eigenvalue weighted by Gasteiger charge is -2.18. The summed E-state index contributed by atoms with van der Waals surface area (Å²) in [5, 5.41) is 9.93. The highest BCUT2D eigenvalue weighted by molar-refractivity contribution is 5.89. The highest BCUT2D eigenvalue weighted by Crippen LogP contribution is 2.30. The Morgan fingerprint density at radius 2 is 1.93 bits per heavy atom. The van der Waals surface area contributed by atoms with E-state index >= 15 is 0 Å². The van der Waals surface area contributed by atoms with Crippen LogP contribution in [0.4, 0.5) is 13.6 Å². The second-order valence-corrected chi connectivity index (χ2v) is 6.14. The average molecular weight is 374 g/mol. The van der Waals surface area contributed by atoms with Crippen LogP contribution in [0.2, 0.25) is 0 Å². The van der Waals surface area contributed by atoms with E-state index in [9.17, 15) is 13.6 Å². The zero-order chi connectivity index (χ0) is 19.2. The molecule has 0 radical (unpaired) electrons. The molecule has 0 aliphatic heterocycles. The Morgan fingerprint density at radius 1 is 1.15 bits per heavy atom. The number of halogens is 2. The first-order valence-electron chi connectivity index (χ1n) is 8.56. The molecule has 0 aliphatic rings. The third-order valence-corrected chi connectivity index (χ3v) is 4.27. The first kappa shape index (κ1) is 18.7. The number of amides is 1. The molecule has 0 saturated carbocycles. The number of hydrogen-bond donors (Lipinski definition) is 2. The Bertz CT molecular complexity index is 897. The van der Waals surface area contributed by atoms with Gasteiger partial charge in [0.05, 0.1) is 6.54 Å². The number of aromatic nitrogens is 1. The molecule has 0 aliphatic carbocycles. The van der Waals surface area contributed by atoms with Gasteiger partial charge < -0.3 is 19.7 Å². The molecule has 2 aromatic carbocycles. The van der Waals surface area contributed by atoms with E-state index in [1.54, 1.807) is 6.20 Å². The van der Waals surface area contributed by atoms with Crippen molar-refractivity contribution in [3.8, 4) is 5.75 Å². The van der Waals surface area contributed by atoms with Gasteiger partial charge in [-0.3, -0.25) is 0 Å².